The zero-order chi connectivity index (χ0) is 8.97. The van der Waals surface area contributed by atoms with E-state index in [4.69, 9.17) is 0 Å². The predicted molar refractivity (Wildman–Crippen MR) is 53.4 cm³/mol. The number of nitrogens with zero attached hydrogens (tertiary/aromatic N) is 1. The molecule has 0 aromatic rings. The van der Waals surface area contributed by atoms with Gasteiger partial charge in [0.05, 0.1) is 0 Å². The Hall–Kier alpha value is -0.0800. The molecule has 1 heterocycles. The number of rotatable bonds is 4. The first-order valence-electron chi connectivity index (χ1n) is 5.13. The molecule has 1 N–H and O–H groups in total. The first kappa shape index (κ1) is 10.0. The van der Waals surface area contributed by atoms with Gasteiger partial charge in [-0.25, -0.2) is 0 Å². The van der Waals surface area contributed by atoms with Crippen molar-refractivity contribution in [2.75, 3.05) is 26.7 Å². The Morgan fingerprint density at radius 2 is 1.83 bits per heavy atom. The number of likely N-dealkylation sites (tertiary alicyclic amines) is 1. The van der Waals surface area contributed by atoms with Gasteiger partial charge in [-0.15, -0.1) is 0 Å². The molecule has 12 heavy (non-hydrogen) atoms. The molecule has 0 aliphatic carbocycles. The van der Waals surface area contributed by atoms with Crippen LogP contribution in [0.4, 0.5) is 0 Å². The van der Waals surface area contributed by atoms with Gasteiger partial charge >= 0.3 is 0 Å². The monoisotopic (exact) mass is 170 g/mol. The fraction of sp³-hybridized carbons (Fsp3) is 1.00. The maximum Gasteiger partial charge on any atom is 0.0214 e. The van der Waals surface area contributed by atoms with E-state index < -0.39 is 0 Å². The molecule has 0 saturated carbocycles. The zero-order valence-electron chi connectivity index (χ0n) is 8.64. The van der Waals surface area contributed by atoms with Gasteiger partial charge in [0.2, 0.25) is 0 Å². The Kier molecular flexibility index (Phi) is 4.02. The van der Waals surface area contributed by atoms with E-state index in [1.165, 1.54) is 32.5 Å². The van der Waals surface area contributed by atoms with E-state index in [1.54, 1.807) is 0 Å². The molecule has 0 spiro atoms. The Balaban J connectivity index is 2.26. The number of hydrogen-bond donors (Lipinski definition) is 1. The molecule has 0 amide bonds. The van der Waals surface area contributed by atoms with Crippen LogP contribution in [0.2, 0.25) is 0 Å². The second-order valence-electron chi connectivity index (χ2n) is 4.15. The standard InChI is InChI=1S/C10H22N2/c1-9(2)10(11-3)8-12-6-4-5-7-12/h9-11H,4-8H2,1-3H3/t10-/m1/s1. The van der Waals surface area contributed by atoms with Gasteiger partial charge in [-0.05, 0) is 38.9 Å². The maximum absolute atomic E-state index is 3.39. The second kappa shape index (κ2) is 4.83. The van der Waals surface area contributed by atoms with Crippen molar-refractivity contribution in [1.82, 2.24) is 10.2 Å². The third kappa shape index (κ3) is 2.76. The summed E-state index contributed by atoms with van der Waals surface area (Å²) in [4.78, 5) is 2.57. The molecule has 2 nitrogen and oxygen atoms in total. The highest BCUT2D eigenvalue weighted by Crippen LogP contribution is 2.10. The van der Waals surface area contributed by atoms with Crippen LogP contribution in [0.5, 0.6) is 0 Å². The van der Waals surface area contributed by atoms with E-state index in [9.17, 15) is 0 Å². The van der Waals surface area contributed by atoms with Gasteiger partial charge in [0.25, 0.3) is 0 Å². The van der Waals surface area contributed by atoms with Crippen LogP contribution in [0, 0.1) is 5.92 Å². The molecule has 0 radical (unpaired) electrons. The van der Waals surface area contributed by atoms with Crippen LogP contribution in [-0.2, 0) is 0 Å². The molecule has 1 rings (SSSR count). The maximum atomic E-state index is 3.39. The average Bonchev–Trinajstić information content (AvgIpc) is 2.51. The largest absolute Gasteiger partial charge is 0.315 e. The van der Waals surface area contributed by atoms with Gasteiger partial charge in [-0.3, -0.25) is 0 Å². The summed E-state index contributed by atoms with van der Waals surface area (Å²) in [7, 11) is 2.07. The summed E-state index contributed by atoms with van der Waals surface area (Å²) >= 11 is 0. The number of nitrogens with one attached hydrogen (secondary N) is 1. The van der Waals surface area contributed by atoms with Gasteiger partial charge in [-0.2, -0.15) is 0 Å². The Morgan fingerprint density at radius 3 is 2.25 bits per heavy atom. The molecular weight excluding hydrogens is 148 g/mol. The van der Waals surface area contributed by atoms with Crippen LogP contribution in [0.25, 0.3) is 0 Å². The van der Waals surface area contributed by atoms with Crippen LogP contribution >= 0.6 is 0 Å². The minimum absolute atomic E-state index is 0.670. The minimum Gasteiger partial charge on any atom is -0.315 e. The van der Waals surface area contributed by atoms with E-state index in [0.717, 1.165) is 5.92 Å². The highest BCUT2D eigenvalue weighted by atomic mass is 15.2. The normalized spacial score (nSPS) is 22.0. The molecule has 0 aromatic heterocycles. The molecule has 0 bridgehead atoms. The summed E-state index contributed by atoms with van der Waals surface area (Å²) in [6.07, 6.45) is 2.79. The highest BCUT2D eigenvalue weighted by molar-refractivity contribution is 4.76. The van der Waals surface area contributed by atoms with E-state index in [1.807, 2.05) is 0 Å². The highest BCUT2D eigenvalue weighted by Gasteiger charge is 2.18. The van der Waals surface area contributed by atoms with Gasteiger partial charge < -0.3 is 10.2 Å². The second-order valence-corrected chi connectivity index (χ2v) is 4.15. The van der Waals surface area contributed by atoms with Gasteiger partial charge in [0.15, 0.2) is 0 Å². The van der Waals surface area contributed by atoms with Gasteiger partial charge in [0, 0.05) is 12.6 Å². The molecule has 1 saturated heterocycles. The van der Waals surface area contributed by atoms with Crippen molar-refractivity contribution < 1.29 is 0 Å². The molecule has 1 aliphatic heterocycles. The molecule has 1 aliphatic rings. The minimum atomic E-state index is 0.670. The van der Waals surface area contributed by atoms with Gasteiger partial charge in [0.1, 0.15) is 0 Å². The Bertz CT molecular complexity index is 117. The van der Waals surface area contributed by atoms with E-state index >= 15 is 0 Å². The molecule has 1 atom stereocenters. The fourth-order valence-corrected chi connectivity index (χ4v) is 1.88. The number of hydrogen-bond acceptors (Lipinski definition) is 2. The van der Waals surface area contributed by atoms with Crippen LogP contribution < -0.4 is 5.32 Å². The first-order chi connectivity index (χ1) is 5.74. The van der Waals surface area contributed by atoms with Crippen LogP contribution in [0.1, 0.15) is 26.7 Å². The Labute approximate surface area is 76.3 Å². The van der Waals surface area contributed by atoms with Crippen molar-refractivity contribution >= 4 is 0 Å². The lowest BCUT2D eigenvalue weighted by atomic mass is 10.0. The quantitative estimate of drug-likeness (QED) is 0.684. The van der Waals surface area contributed by atoms with Crippen molar-refractivity contribution in [1.29, 1.82) is 0 Å². The molecule has 0 unspecified atom stereocenters. The first-order valence-corrected chi connectivity index (χ1v) is 5.13. The number of likely N-dealkylation sites (N-methyl/N-ethyl adjacent to an activating group) is 1. The summed E-state index contributed by atoms with van der Waals surface area (Å²) in [6.45, 7) is 8.43. The van der Waals surface area contributed by atoms with Crippen molar-refractivity contribution in [3.05, 3.63) is 0 Å². The molecule has 2 heteroatoms. The summed E-state index contributed by atoms with van der Waals surface area (Å²) < 4.78 is 0. The van der Waals surface area contributed by atoms with Crippen LogP contribution in [-0.4, -0.2) is 37.6 Å². The van der Waals surface area contributed by atoms with Crippen molar-refractivity contribution in [3.63, 3.8) is 0 Å². The van der Waals surface area contributed by atoms with Crippen LogP contribution in [0.15, 0.2) is 0 Å². The summed E-state index contributed by atoms with van der Waals surface area (Å²) in [6, 6.07) is 0.670. The third-order valence-electron chi connectivity index (χ3n) is 2.83. The van der Waals surface area contributed by atoms with Crippen LogP contribution in [0.3, 0.4) is 0 Å². The summed E-state index contributed by atoms with van der Waals surface area (Å²) in [5.74, 6) is 0.746. The summed E-state index contributed by atoms with van der Waals surface area (Å²) in [5, 5.41) is 3.39. The van der Waals surface area contributed by atoms with E-state index in [0.29, 0.717) is 6.04 Å². The fourth-order valence-electron chi connectivity index (χ4n) is 1.88. The van der Waals surface area contributed by atoms with Crippen molar-refractivity contribution in [2.24, 2.45) is 5.92 Å². The molecule has 1 fully saturated rings. The Morgan fingerprint density at radius 1 is 1.25 bits per heavy atom. The zero-order valence-corrected chi connectivity index (χ0v) is 8.64. The molecule has 0 aromatic carbocycles. The lowest BCUT2D eigenvalue weighted by molar-refractivity contribution is 0.263. The van der Waals surface area contributed by atoms with Crippen molar-refractivity contribution in [3.8, 4) is 0 Å². The summed E-state index contributed by atoms with van der Waals surface area (Å²) in [5.41, 5.74) is 0. The van der Waals surface area contributed by atoms with E-state index in [-0.39, 0.29) is 0 Å². The predicted octanol–water partition coefficient (Wildman–Crippen LogP) is 1.33. The SMILES string of the molecule is CN[C@H](CN1CCCC1)C(C)C. The third-order valence-corrected chi connectivity index (χ3v) is 2.83. The van der Waals surface area contributed by atoms with Gasteiger partial charge in [-0.1, -0.05) is 13.8 Å². The van der Waals surface area contributed by atoms with E-state index in [2.05, 4.69) is 31.1 Å². The average molecular weight is 170 g/mol. The lowest BCUT2D eigenvalue weighted by Crippen LogP contribution is -2.41. The smallest absolute Gasteiger partial charge is 0.0214 e. The van der Waals surface area contributed by atoms with Crippen molar-refractivity contribution in [2.45, 2.75) is 32.7 Å². The molecule has 72 valence electrons. The molecular formula is C10H22N2. The lowest BCUT2D eigenvalue weighted by Gasteiger charge is -2.25. The topological polar surface area (TPSA) is 15.3 Å².